The zero-order valence-corrected chi connectivity index (χ0v) is 7.78. The summed E-state index contributed by atoms with van der Waals surface area (Å²) in [4.78, 5) is 10.7. The Hall–Kier alpha value is -0.220. The lowest BCUT2D eigenvalue weighted by molar-refractivity contribution is 0.0901. The number of rotatable bonds is 5. The first kappa shape index (κ1) is 10.8. The van der Waals surface area contributed by atoms with E-state index in [0.717, 1.165) is 5.75 Å². The molecule has 66 valence electrons. The van der Waals surface area contributed by atoms with Gasteiger partial charge >= 0.3 is 5.30 Å². The van der Waals surface area contributed by atoms with Gasteiger partial charge in [-0.25, -0.2) is 4.79 Å². The summed E-state index contributed by atoms with van der Waals surface area (Å²) in [5.41, 5.74) is 0. The zero-order chi connectivity index (χ0) is 8.53. The fraction of sp³-hybridized carbons (Fsp3) is 0.857. The SMILES string of the molecule is CCOCCOC(=O)SCC. The molecule has 0 aromatic rings. The number of carbonyl (C=O) groups is 1. The molecule has 4 heteroatoms. The first-order valence-corrected chi connectivity index (χ1v) is 4.67. The molecule has 0 spiro atoms. The molecule has 0 heterocycles. The summed E-state index contributed by atoms with van der Waals surface area (Å²) in [6, 6.07) is 0. The molecule has 0 saturated heterocycles. The van der Waals surface area contributed by atoms with Crippen LogP contribution in [0.3, 0.4) is 0 Å². The van der Waals surface area contributed by atoms with Gasteiger partial charge in [0.05, 0.1) is 6.61 Å². The quantitative estimate of drug-likeness (QED) is 0.476. The molecule has 0 aromatic carbocycles. The van der Waals surface area contributed by atoms with E-state index in [4.69, 9.17) is 9.47 Å². The molecule has 0 radical (unpaired) electrons. The Labute approximate surface area is 71.4 Å². The fourth-order valence-corrected chi connectivity index (χ4v) is 0.890. The van der Waals surface area contributed by atoms with Crippen LogP contribution in [0.15, 0.2) is 0 Å². The molecular weight excluding hydrogens is 164 g/mol. The van der Waals surface area contributed by atoms with Crippen molar-refractivity contribution in [3.8, 4) is 0 Å². The van der Waals surface area contributed by atoms with Crippen molar-refractivity contribution in [2.75, 3.05) is 25.6 Å². The summed E-state index contributed by atoms with van der Waals surface area (Å²) in [6.07, 6.45) is 0. The summed E-state index contributed by atoms with van der Waals surface area (Å²) < 4.78 is 9.76. The lowest BCUT2D eigenvalue weighted by Crippen LogP contribution is -2.06. The third kappa shape index (κ3) is 7.68. The lowest BCUT2D eigenvalue weighted by atomic mass is 10.7. The molecular formula is C7H14O3S. The van der Waals surface area contributed by atoms with Crippen LogP contribution in [0, 0.1) is 0 Å². The predicted octanol–water partition coefficient (Wildman–Crippen LogP) is 1.91. The van der Waals surface area contributed by atoms with Gasteiger partial charge < -0.3 is 9.47 Å². The minimum absolute atomic E-state index is 0.216. The smallest absolute Gasteiger partial charge is 0.367 e. The number of ether oxygens (including phenoxy) is 2. The van der Waals surface area contributed by atoms with Crippen LogP contribution < -0.4 is 0 Å². The number of carbonyl (C=O) groups excluding carboxylic acids is 1. The first-order chi connectivity index (χ1) is 5.31. The molecule has 0 aliphatic heterocycles. The van der Waals surface area contributed by atoms with Gasteiger partial charge in [-0.3, -0.25) is 0 Å². The van der Waals surface area contributed by atoms with Crippen LogP contribution in [0.1, 0.15) is 13.8 Å². The fourth-order valence-electron chi connectivity index (χ4n) is 0.488. The molecule has 0 aliphatic carbocycles. The van der Waals surface area contributed by atoms with E-state index in [9.17, 15) is 4.79 Å². The van der Waals surface area contributed by atoms with E-state index >= 15 is 0 Å². The normalized spacial score (nSPS) is 9.64. The van der Waals surface area contributed by atoms with Gasteiger partial charge in [0.1, 0.15) is 6.61 Å². The van der Waals surface area contributed by atoms with Gasteiger partial charge in [-0.15, -0.1) is 0 Å². The monoisotopic (exact) mass is 178 g/mol. The maximum absolute atomic E-state index is 10.7. The van der Waals surface area contributed by atoms with Crippen molar-refractivity contribution in [2.45, 2.75) is 13.8 Å². The highest BCUT2D eigenvalue weighted by Crippen LogP contribution is 2.02. The molecule has 0 atom stereocenters. The van der Waals surface area contributed by atoms with Crippen molar-refractivity contribution in [3.05, 3.63) is 0 Å². The summed E-state index contributed by atoms with van der Waals surface area (Å²) in [5, 5.41) is -0.216. The second kappa shape index (κ2) is 7.88. The van der Waals surface area contributed by atoms with Gasteiger partial charge in [0.25, 0.3) is 0 Å². The highest BCUT2D eigenvalue weighted by atomic mass is 32.2. The highest BCUT2D eigenvalue weighted by molar-refractivity contribution is 8.13. The van der Waals surface area contributed by atoms with Crippen molar-refractivity contribution in [3.63, 3.8) is 0 Å². The number of hydrogen-bond donors (Lipinski definition) is 0. The number of hydrogen-bond acceptors (Lipinski definition) is 4. The van der Waals surface area contributed by atoms with Crippen LogP contribution in [0.2, 0.25) is 0 Å². The van der Waals surface area contributed by atoms with Crippen molar-refractivity contribution < 1.29 is 14.3 Å². The maximum atomic E-state index is 10.7. The molecule has 0 rings (SSSR count). The second-order valence-corrected chi connectivity index (χ2v) is 2.93. The molecule has 0 amide bonds. The number of thioether (sulfide) groups is 1. The highest BCUT2D eigenvalue weighted by Gasteiger charge is 1.99. The zero-order valence-electron chi connectivity index (χ0n) is 6.96. The Morgan fingerprint density at radius 2 is 2.09 bits per heavy atom. The van der Waals surface area contributed by atoms with Gasteiger partial charge in [-0.2, -0.15) is 0 Å². The Bertz CT molecular complexity index is 106. The van der Waals surface area contributed by atoms with Gasteiger partial charge in [-0.1, -0.05) is 6.92 Å². The molecule has 0 saturated carbocycles. The van der Waals surface area contributed by atoms with Crippen molar-refractivity contribution >= 4 is 17.1 Å². The Morgan fingerprint density at radius 1 is 1.36 bits per heavy atom. The van der Waals surface area contributed by atoms with E-state index in [2.05, 4.69) is 0 Å². The molecule has 0 N–H and O–H groups in total. The topological polar surface area (TPSA) is 35.5 Å². The molecule has 11 heavy (non-hydrogen) atoms. The standard InChI is InChI=1S/C7H14O3S/c1-3-9-5-6-10-7(8)11-4-2/h3-6H2,1-2H3. The minimum atomic E-state index is -0.216. The van der Waals surface area contributed by atoms with E-state index in [0.29, 0.717) is 19.8 Å². The van der Waals surface area contributed by atoms with Crippen molar-refractivity contribution in [1.82, 2.24) is 0 Å². The van der Waals surface area contributed by atoms with Crippen LogP contribution in [0.5, 0.6) is 0 Å². The predicted molar refractivity (Wildman–Crippen MR) is 46.0 cm³/mol. The largest absolute Gasteiger partial charge is 0.455 e. The summed E-state index contributed by atoms with van der Waals surface area (Å²) in [5.74, 6) is 0.757. The second-order valence-electron chi connectivity index (χ2n) is 1.73. The molecule has 0 aromatic heterocycles. The molecule has 0 fully saturated rings. The Kier molecular flexibility index (Phi) is 7.72. The average Bonchev–Trinajstić information content (AvgIpc) is 1.99. The average molecular weight is 178 g/mol. The van der Waals surface area contributed by atoms with Gasteiger partial charge in [0, 0.05) is 12.4 Å². The molecule has 0 aliphatic rings. The lowest BCUT2D eigenvalue weighted by Gasteiger charge is -2.02. The van der Waals surface area contributed by atoms with Gasteiger partial charge in [0.2, 0.25) is 0 Å². The minimum Gasteiger partial charge on any atom is -0.455 e. The van der Waals surface area contributed by atoms with E-state index in [1.807, 2.05) is 13.8 Å². The third-order valence-electron chi connectivity index (χ3n) is 0.914. The van der Waals surface area contributed by atoms with Crippen LogP contribution in [-0.2, 0) is 9.47 Å². The van der Waals surface area contributed by atoms with Crippen LogP contribution in [0.25, 0.3) is 0 Å². The van der Waals surface area contributed by atoms with Crippen molar-refractivity contribution in [2.24, 2.45) is 0 Å². The van der Waals surface area contributed by atoms with Crippen LogP contribution in [0.4, 0.5) is 4.79 Å². The third-order valence-corrected chi connectivity index (χ3v) is 1.56. The summed E-state index contributed by atoms with van der Waals surface area (Å²) in [6.45, 7) is 5.34. The summed E-state index contributed by atoms with van der Waals surface area (Å²) >= 11 is 1.17. The van der Waals surface area contributed by atoms with Gasteiger partial charge in [-0.05, 0) is 18.7 Å². The van der Waals surface area contributed by atoms with Crippen LogP contribution >= 0.6 is 11.8 Å². The van der Waals surface area contributed by atoms with Crippen LogP contribution in [-0.4, -0.2) is 30.9 Å². The summed E-state index contributed by atoms with van der Waals surface area (Å²) in [7, 11) is 0. The Morgan fingerprint density at radius 3 is 2.64 bits per heavy atom. The molecule has 0 bridgehead atoms. The molecule has 0 unspecified atom stereocenters. The molecule has 3 nitrogen and oxygen atoms in total. The van der Waals surface area contributed by atoms with Gasteiger partial charge in [0.15, 0.2) is 0 Å². The van der Waals surface area contributed by atoms with E-state index in [-0.39, 0.29) is 5.30 Å². The first-order valence-electron chi connectivity index (χ1n) is 3.68. The van der Waals surface area contributed by atoms with Crippen molar-refractivity contribution in [1.29, 1.82) is 0 Å². The maximum Gasteiger partial charge on any atom is 0.367 e. The van der Waals surface area contributed by atoms with E-state index in [1.165, 1.54) is 11.8 Å². The van der Waals surface area contributed by atoms with E-state index < -0.39 is 0 Å². The Balaban J connectivity index is 3.04. The van der Waals surface area contributed by atoms with E-state index in [1.54, 1.807) is 0 Å².